The lowest BCUT2D eigenvalue weighted by molar-refractivity contribution is -0.131. The first-order valence-electron chi connectivity index (χ1n) is 24.7. The van der Waals surface area contributed by atoms with E-state index >= 15 is 0 Å². The zero-order chi connectivity index (χ0) is 49.5. The fourth-order valence-corrected chi connectivity index (χ4v) is 7.06. The van der Waals surface area contributed by atoms with E-state index in [9.17, 15) is 38.7 Å². The second-order valence-corrected chi connectivity index (χ2v) is 16.8. The largest absolute Gasteiger partial charge is 0.507 e. The molecule has 1 heterocycles. The summed E-state index contributed by atoms with van der Waals surface area (Å²) in [7, 11) is 0. The quantitative estimate of drug-likeness (QED) is 0.0375. The minimum absolute atomic E-state index is 0.00417. The van der Waals surface area contributed by atoms with Gasteiger partial charge in [-0.3, -0.25) is 33.6 Å². The molecular formula is C47H83N13O8. The van der Waals surface area contributed by atoms with Crippen LogP contribution in [0.1, 0.15) is 108 Å². The number of aromatic nitrogens is 1. The van der Waals surface area contributed by atoms with Crippen LogP contribution in [0.25, 0.3) is 10.9 Å². The lowest BCUT2D eigenvalue weighted by Gasteiger charge is -2.17. The first-order valence-corrected chi connectivity index (χ1v) is 24.7. The van der Waals surface area contributed by atoms with Gasteiger partial charge in [0.05, 0.1) is 12.8 Å². The van der Waals surface area contributed by atoms with E-state index in [1.54, 1.807) is 18.3 Å². The zero-order valence-corrected chi connectivity index (χ0v) is 40.3. The van der Waals surface area contributed by atoms with E-state index in [-0.39, 0.29) is 42.2 Å². The van der Waals surface area contributed by atoms with Gasteiger partial charge in [-0.1, -0.05) is 6.07 Å². The Bertz CT molecular complexity index is 1760. The van der Waals surface area contributed by atoms with Gasteiger partial charge in [0.2, 0.25) is 41.4 Å². The van der Waals surface area contributed by atoms with Crippen LogP contribution in [0.15, 0.2) is 24.4 Å². The minimum Gasteiger partial charge on any atom is -0.507 e. The van der Waals surface area contributed by atoms with Crippen molar-refractivity contribution in [1.29, 1.82) is 0 Å². The maximum absolute atomic E-state index is 12.8. The molecule has 0 radical (unpaired) electrons. The number of primary amides is 1. The molecule has 0 aliphatic carbocycles. The van der Waals surface area contributed by atoms with E-state index in [0.29, 0.717) is 114 Å². The van der Waals surface area contributed by atoms with Gasteiger partial charge in [0.15, 0.2) is 0 Å². The van der Waals surface area contributed by atoms with Crippen molar-refractivity contribution >= 4 is 52.3 Å². The Morgan fingerprint density at radius 1 is 0.515 bits per heavy atom. The number of benzene rings is 1. The van der Waals surface area contributed by atoms with E-state index in [1.165, 1.54) is 6.07 Å². The zero-order valence-electron chi connectivity index (χ0n) is 40.3. The molecule has 1 atom stereocenters. The average Bonchev–Trinajstić information content (AvgIpc) is 3.72. The maximum atomic E-state index is 12.8. The van der Waals surface area contributed by atoms with Crippen molar-refractivity contribution in [2.45, 2.75) is 115 Å². The van der Waals surface area contributed by atoms with Gasteiger partial charge in [0.25, 0.3) is 0 Å². The second-order valence-electron chi connectivity index (χ2n) is 16.8. The van der Waals surface area contributed by atoms with Crippen molar-refractivity contribution in [1.82, 2.24) is 58.2 Å². The summed E-state index contributed by atoms with van der Waals surface area (Å²) in [5.74, 6) is -1.67. The van der Waals surface area contributed by atoms with E-state index < -0.39 is 23.8 Å². The van der Waals surface area contributed by atoms with Gasteiger partial charge in [-0.2, -0.15) is 0 Å². The van der Waals surface area contributed by atoms with Gasteiger partial charge >= 0.3 is 0 Å². The van der Waals surface area contributed by atoms with E-state index in [2.05, 4.69) is 58.2 Å². The molecule has 7 amide bonds. The summed E-state index contributed by atoms with van der Waals surface area (Å²) in [6.45, 7) is 9.06. The van der Waals surface area contributed by atoms with E-state index in [0.717, 1.165) is 90.4 Å². The van der Waals surface area contributed by atoms with Crippen molar-refractivity contribution in [3.8, 4) is 5.75 Å². The Morgan fingerprint density at radius 3 is 1.37 bits per heavy atom. The summed E-state index contributed by atoms with van der Waals surface area (Å²) in [6.07, 6.45) is 12.2. The SMILES string of the molecule is NCCCCNCCC(=O)NCCCCNCCC(=O)NCCCCNCCC(=O)NCCCCNCCC(=O)NCCCCCNC(=O)C(CC(N)=O)NC(=O)Cc1c[nH]c2cccc(O)c12. The molecule has 68 heavy (non-hydrogen) atoms. The Labute approximate surface area is 402 Å². The summed E-state index contributed by atoms with van der Waals surface area (Å²) in [6, 6.07) is 3.85. The number of phenolic OH excluding ortho intramolecular Hbond substituents is 1. The molecule has 21 nitrogen and oxygen atoms in total. The Morgan fingerprint density at radius 2 is 0.926 bits per heavy atom. The molecule has 0 saturated heterocycles. The predicted molar refractivity (Wildman–Crippen MR) is 264 cm³/mol. The van der Waals surface area contributed by atoms with Crippen molar-refractivity contribution in [2.24, 2.45) is 11.5 Å². The van der Waals surface area contributed by atoms with Crippen LogP contribution in [0.5, 0.6) is 5.75 Å². The molecule has 1 aromatic carbocycles. The van der Waals surface area contributed by atoms with Crippen molar-refractivity contribution < 1.29 is 38.7 Å². The normalized spacial score (nSPS) is 11.5. The lowest BCUT2D eigenvalue weighted by atomic mass is 10.1. The summed E-state index contributed by atoms with van der Waals surface area (Å²) in [4.78, 5) is 88.4. The molecule has 1 unspecified atom stereocenters. The van der Waals surface area contributed by atoms with Crippen molar-refractivity contribution in [2.75, 3.05) is 91.6 Å². The smallest absolute Gasteiger partial charge is 0.243 e. The van der Waals surface area contributed by atoms with Crippen LogP contribution >= 0.6 is 0 Å². The molecule has 16 N–H and O–H groups in total. The Balaban J connectivity index is 1.32. The Hall–Kier alpha value is -5.35. The molecule has 0 bridgehead atoms. The van der Waals surface area contributed by atoms with Gasteiger partial charge in [-0.25, -0.2) is 0 Å². The number of hydrogen-bond donors (Lipinski definition) is 14. The lowest BCUT2D eigenvalue weighted by Crippen LogP contribution is -2.49. The van der Waals surface area contributed by atoms with Gasteiger partial charge in [0.1, 0.15) is 11.8 Å². The van der Waals surface area contributed by atoms with Crippen LogP contribution in [0, 0.1) is 0 Å². The van der Waals surface area contributed by atoms with Gasteiger partial charge in [-0.05, 0) is 121 Å². The van der Waals surface area contributed by atoms with Gasteiger partial charge < -0.3 is 74.7 Å². The van der Waals surface area contributed by atoms with Crippen molar-refractivity contribution in [3.05, 3.63) is 30.0 Å². The highest BCUT2D eigenvalue weighted by Crippen LogP contribution is 2.27. The Kier molecular flexibility index (Phi) is 33.4. The highest BCUT2D eigenvalue weighted by molar-refractivity contribution is 5.95. The first-order chi connectivity index (χ1) is 33.0. The third-order valence-electron chi connectivity index (χ3n) is 10.9. The summed E-state index contributed by atoms with van der Waals surface area (Å²) in [5, 5.41) is 40.8. The fourth-order valence-electron chi connectivity index (χ4n) is 7.06. The number of unbranched alkanes of at least 4 members (excludes halogenated alkanes) is 6. The highest BCUT2D eigenvalue weighted by Gasteiger charge is 2.23. The fraction of sp³-hybridized carbons (Fsp3) is 0.681. The number of nitrogens with one attached hydrogen (secondary N) is 11. The number of amides is 7. The topological polar surface area (TPSA) is 328 Å². The number of carbonyl (C=O) groups is 7. The molecule has 0 spiro atoms. The van der Waals surface area contributed by atoms with Gasteiger partial charge in [-0.15, -0.1) is 0 Å². The third kappa shape index (κ3) is 30.1. The molecule has 0 saturated carbocycles. The number of H-pyrrole nitrogens is 1. The first kappa shape index (κ1) is 58.8. The molecule has 0 aliphatic heterocycles. The summed E-state index contributed by atoms with van der Waals surface area (Å²) in [5.41, 5.74) is 12.0. The van der Waals surface area contributed by atoms with Crippen LogP contribution in [-0.2, 0) is 40.0 Å². The maximum Gasteiger partial charge on any atom is 0.243 e. The number of nitrogens with two attached hydrogens (primary N) is 2. The van der Waals surface area contributed by atoms with Crippen LogP contribution in [0.3, 0.4) is 0 Å². The number of aromatic amines is 1. The standard InChI is InChI=1S/C47H83N13O8/c48-19-2-5-20-50-29-15-42(64)55-25-9-7-22-52-31-17-44(66)57-27-11-8-23-53-32-18-43(65)56-26-10-6-21-51-30-16-41(63)54-24-3-1-4-28-58-47(68)38(34-40(49)62)60-45(67)33-36-35-59-37-13-12-14-39(61)46(36)37/h12-14,35,38,50-53,59,61H,1-11,15-34,48H2,(H2,49,62)(H,54,63)(H,55,64)(H,56,65)(H,57,66)(H,58,68)(H,60,67). The molecule has 21 heteroatoms. The third-order valence-corrected chi connectivity index (χ3v) is 10.9. The highest BCUT2D eigenvalue weighted by atomic mass is 16.3. The number of rotatable bonds is 43. The van der Waals surface area contributed by atoms with Crippen molar-refractivity contribution in [3.63, 3.8) is 0 Å². The minimum atomic E-state index is -1.13. The van der Waals surface area contributed by atoms with Crippen LogP contribution < -0.4 is 64.6 Å². The number of phenols is 1. The average molecular weight is 958 g/mol. The molecule has 0 fully saturated rings. The molecular weight excluding hydrogens is 875 g/mol. The number of fused-ring (bicyclic) bond motifs is 1. The molecule has 2 aromatic rings. The molecule has 1 aromatic heterocycles. The molecule has 0 aliphatic rings. The number of carbonyl (C=O) groups excluding carboxylic acids is 7. The second kappa shape index (κ2) is 38.6. The van der Waals surface area contributed by atoms with E-state index in [1.807, 2.05) is 0 Å². The van der Waals surface area contributed by atoms with E-state index in [4.69, 9.17) is 11.5 Å². The molecule has 384 valence electrons. The number of aromatic hydroxyl groups is 1. The number of hydrogen-bond acceptors (Lipinski definition) is 13. The monoisotopic (exact) mass is 958 g/mol. The van der Waals surface area contributed by atoms with Crippen LogP contribution in [-0.4, -0.2) is 149 Å². The molecule has 2 rings (SSSR count). The van der Waals surface area contributed by atoms with Gasteiger partial charge in [0, 0.05) is 102 Å². The predicted octanol–water partition coefficient (Wildman–Crippen LogP) is -0.474. The van der Waals surface area contributed by atoms with Crippen LogP contribution in [0.2, 0.25) is 0 Å². The summed E-state index contributed by atoms with van der Waals surface area (Å²) < 4.78 is 0. The van der Waals surface area contributed by atoms with Crippen LogP contribution in [0.4, 0.5) is 0 Å². The summed E-state index contributed by atoms with van der Waals surface area (Å²) >= 11 is 0.